The van der Waals surface area contributed by atoms with Crippen LogP contribution in [0.25, 0.3) is 0 Å². The molecule has 1 aliphatic carbocycles. The lowest BCUT2D eigenvalue weighted by Crippen LogP contribution is -2.12. The second kappa shape index (κ2) is 3.86. The van der Waals surface area contributed by atoms with Crippen molar-refractivity contribution in [3.63, 3.8) is 0 Å². The second-order valence-electron chi connectivity index (χ2n) is 2.85. The molecule has 0 aromatic carbocycles. The van der Waals surface area contributed by atoms with Crippen LogP contribution in [0.5, 0.6) is 0 Å². The maximum Gasteiger partial charge on any atom is 0.164 e. The number of rotatable bonds is 0. The second-order valence-corrected chi connectivity index (χ2v) is 2.85. The fourth-order valence-electron chi connectivity index (χ4n) is 1.79. The fourth-order valence-corrected chi connectivity index (χ4v) is 1.79. The zero-order chi connectivity index (χ0) is 8.27. The van der Waals surface area contributed by atoms with E-state index in [2.05, 4.69) is 0 Å². The van der Waals surface area contributed by atoms with E-state index in [9.17, 15) is 4.79 Å². The van der Waals surface area contributed by atoms with E-state index in [4.69, 9.17) is 4.74 Å². The Balaban J connectivity index is 0.000000281. The van der Waals surface area contributed by atoms with E-state index in [0.717, 1.165) is 12.8 Å². The minimum absolute atomic E-state index is 0.282. The van der Waals surface area contributed by atoms with Gasteiger partial charge in [0.25, 0.3) is 0 Å². The van der Waals surface area contributed by atoms with Crippen LogP contribution in [0.15, 0.2) is 0 Å². The van der Waals surface area contributed by atoms with Gasteiger partial charge in [0.05, 0.1) is 6.10 Å². The summed E-state index contributed by atoms with van der Waals surface area (Å²) < 4.78 is 5.24. The van der Waals surface area contributed by atoms with E-state index in [1.165, 1.54) is 6.42 Å². The van der Waals surface area contributed by atoms with Crippen molar-refractivity contribution in [1.29, 1.82) is 0 Å². The van der Waals surface area contributed by atoms with E-state index in [1.807, 2.05) is 13.8 Å². The topological polar surface area (TPSA) is 26.3 Å². The molecule has 0 radical (unpaired) electrons. The van der Waals surface area contributed by atoms with Crippen LogP contribution in [0, 0.1) is 5.92 Å². The maximum absolute atomic E-state index is 10.9. The Bertz CT molecular complexity index is 142. The van der Waals surface area contributed by atoms with Gasteiger partial charge in [-0.25, -0.2) is 0 Å². The summed E-state index contributed by atoms with van der Waals surface area (Å²) in [5.74, 6) is 0.613. The Morgan fingerprint density at radius 2 is 2.09 bits per heavy atom. The number of carbonyl (C=O) groups excluding carboxylic acids is 1. The molecule has 1 saturated heterocycles. The summed E-state index contributed by atoms with van der Waals surface area (Å²) in [6, 6.07) is 0. The number of ketones is 1. The molecule has 0 aromatic rings. The highest BCUT2D eigenvalue weighted by molar-refractivity contribution is 5.84. The van der Waals surface area contributed by atoms with Gasteiger partial charge in [0, 0.05) is 5.92 Å². The van der Waals surface area contributed by atoms with Crippen molar-refractivity contribution < 1.29 is 9.53 Å². The van der Waals surface area contributed by atoms with Gasteiger partial charge in [0.2, 0.25) is 0 Å². The molecule has 1 saturated carbocycles. The van der Waals surface area contributed by atoms with Gasteiger partial charge in [0.1, 0.15) is 6.61 Å². The van der Waals surface area contributed by atoms with Gasteiger partial charge in [-0.15, -0.1) is 0 Å². The molecule has 0 N–H and O–H groups in total. The molecule has 2 fully saturated rings. The summed E-state index contributed by atoms with van der Waals surface area (Å²) in [6.07, 6.45) is 3.67. The van der Waals surface area contributed by atoms with Crippen molar-refractivity contribution in [2.24, 2.45) is 5.92 Å². The number of ether oxygens (including phenoxy) is 1. The largest absolute Gasteiger partial charge is 0.370 e. The summed E-state index contributed by atoms with van der Waals surface area (Å²) in [5.41, 5.74) is 0. The lowest BCUT2D eigenvalue weighted by Gasteiger charge is -2.02. The number of Topliss-reactive ketones (excluding diaryl/α,β-unsaturated/α-hetero) is 1. The molecule has 2 atom stereocenters. The van der Waals surface area contributed by atoms with Crippen molar-refractivity contribution in [3.05, 3.63) is 0 Å². The predicted molar refractivity (Wildman–Crippen MR) is 43.4 cm³/mol. The third-order valence-corrected chi connectivity index (χ3v) is 2.31. The zero-order valence-corrected chi connectivity index (χ0v) is 7.30. The van der Waals surface area contributed by atoms with Crippen LogP contribution in [0.2, 0.25) is 0 Å². The summed E-state index contributed by atoms with van der Waals surface area (Å²) in [4.78, 5) is 10.9. The van der Waals surface area contributed by atoms with Crippen molar-refractivity contribution in [2.45, 2.75) is 39.2 Å². The molecular weight excluding hydrogens is 140 g/mol. The molecule has 0 aromatic heterocycles. The average Bonchev–Trinajstić information content (AvgIpc) is 2.60. The van der Waals surface area contributed by atoms with Crippen molar-refractivity contribution in [2.75, 3.05) is 6.61 Å². The summed E-state index contributed by atoms with van der Waals surface area (Å²) in [5, 5.41) is 0. The monoisotopic (exact) mass is 156 g/mol. The summed E-state index contributed by atoms with van der Waals surface area (Å²) in [6.45, 7) is 4.38. The van der Waals surface area contributed by atoms with Crippen LogP contribution >= 0.6 is 0 Å². The van der Waals surface area contributed by atoms with Crippen LogP contribution in [0.4, 0.5) is 0 Å². The third-order valence-electron chi connectivity index (χ3n) is 2.31. The van der Waals surface area contributed by atoms with Gasteiger partial charge in [-0.3, -0.25) is 4.79 Å². The Hall–Kier alpha value is -0.370. The average molecular weight is 156 g/mol. The molecule has 0 spiro atoms. The Labute approximate surface area is 67.9 Å². The van der Waals surface area contributed by atoms with Crippen LogP contribution in [0.3, 0.4) is 0 Å². The van der Waals surface area contributed by atoms with E-state index < -0.39 is 0 Å². The molecule has 2 aliphatic rings. The van der Waals surface area contributed by atoms with Crippen LogP contribution in [0.1, 0.15) is 33.1 Å². The van der Waals surface area contributed by atoms with Gasteiger partial charge >= 0.3 is 0 Å². The van der Waals surface area contributed by atoms with E-state index in [-0.39, 0.29) is 5.92 Å². The summed E-state index contributed by atoms with van der Waals surface area (Å²) in [7, 11) is 0. The minimum Gasteiger partial charge on any atom is -0.370 e. The van der Waals surface area contributed by atoms with Gasteiger partial charge in [-0.2, -0.15) is 0 Å². The van der Waals surface area contributed by atoms with Crippen LogP contribution in [-0.4, -0.2) is 18.5 Å². The van der Waals surface area contributed by atoms with E-state index >= 15 is 0 Å². The molecule has 0 bridgehead atoms. The molecule has 2 rings (SSSR count). The SMILES string of the molecule is CC.O=C1COC2CCCC12. The van der Waals surface area contributed by atoms with Gasteiger partial charge in [0.15, 0.2) is 5.78 Å². The quantitative estimate of drug-likeness (QED) is 0.534. The molecule has 64 valence electrons. The van der Waals surface area contributed by atoms with Crippen LogP contribution < -0.4 is 0 Å². The van der Waals surface area contributed by atoms with Crippen molar-refractivity contribution >= 4 is 5.78 Å². The number of hydrogen-bond donors (Lipinski definition) is 0. The van der Waals surface area contributed by atoms with Crippen molar-refractivity contribution in [3.8, 4) is 0 Å². The predicted octanol–water partition coefficient (Wildman–Crippen LogP) is 1.78. The van der Waals surface area contributed by atoms with Crippen molar-refractivity contribution in [1.82, 2.24) is 0 Å². The molecule has 2 unspecified atom stereocenters. The first kappa shape index (κ1) is 8.72. The molecule has 11 heavy (non-hydrogen) atoms. The number of hydrogen-bond acceptors (Lipinski definition) is 2. The van der Waals surface area contributed by atoms with Gasteiger partial charge < -0.3 is 4.74 Å². The zero-order valence-electron chi connectivity index (χ0n) is 7.30. The first-order chi connectivity index (χ1) is 5.38. The molecule has 2 nitrogen and oxygen atoms in total. The highest BCUT2D eigenvalue weighted by Gasteiger charge is 2.38. The Morgan fingerprint density at radius 1 is 1.36 bits per heavy atom. The third kappa shape index (κ3) is 1.62. The fraction of sp³-hybridized carbons (Fsp3) is 0.889. The highest BCUT2D eigenvalue weighted by Crippen LogP contribution is 2.33. The Morgan fingerprint density at radius 3 is 2.73 bits per heavy atom. The summed E-state index contributed by atoms with van der Waals surface area (Å²) >= 11 is 0. The van der Waals surface area contributed by atoms with Crippen LogP contribution in [-0.2, 0) is 9.53 Å². The molecular formula is C9H16O2. The van der Waals surface area contributed by atoms with Gasteiger partial charge in [-0.05, 0) is 12.8 Å². The number of fused-ring (bicyclic) bond motifs is 1. The first-order valence-corrected chi connectivity index (χ1v) is 4.52. The standard InChI is InChI=1S/C7H10O2.C2H6/c8-6-4-9-7-3-1-2-5(6)7;1-2/h5,7H,1-4H2;1-2H3. The number of carbonyl (C=O) groups is 1. The molecule has 1 heterocycles. The lowest BCUT2D eigenvalue weighted by molar-refractivity contribution is -0.120. The lowest BCUT2D eigenvalue weighted by atomic mass is 10.0. The highest BCUT2D eigenvalue weighted by atomic mass is 16.5. The molecule has 2 heteroatoms. The smallest absolute Gasteiger partial charge is 0.164 e. The normalized spacial score (nSPS) is 34.5. The maximum atomic E-state index is 10.9. The molecule has 0 amide bonds. The minimum atomic E-state index is 0.282. The Kier molecular flexibility index (Phi) is 3.06. The van der Waals surface area contributed by atoms with E-state index in [1.54, 1.807) is 0 Å². The first-order valence-electron chi connectivity index (χ1n) is 4.52. The molecule has 1 aliphatic heterocycles. The van der Waals surface area contributed by atoms with E-state index in [0.29, 0.717) is 18.5 Å². The van der Waals surface area contributed by atoms with Gasteiger partial charge in [-0.1, -0.05) is 20.3 Å².